The lowest BCUT2D eigenvalue weighted by atomic mass is 10.2. The van der Waals surface area contributed by atoms with Crippen molar-refractivity contribution in [2.75, 3.05) is 25.0 Å². The highest BCUT2D eigenvalue weighted by molar-refractivity contribution is 5.90. The Labute approximate surface area is 123 Å². The number of carbonyl (C=O) groups is 2. The van der Waals surface area contributed by atoms with Gasteiger partial charge in [-0.2, -0.15) is 0 Å². The highest BCUT2D eigenvalue weighted by atomic mass is 16.5. The molecule has 1 aliphatic rings. The standard InChI is InChI=1S/C15H18N2O4/c1-11-10-17(8-9-21-11)15(20)16-13-5-2-12(3-6-13)4-7-14(18)19/h2-7,11H,8-10H2,1H3,(H,16,20)(H,18,19). The number of ether oxygens (including phenoxy) is 1. The first-order valence-corrected chi connectivity index (χ1v) is 6.73. The van der Waals surface area contributed by atoms with E-state index in [1.165, 1.54) is 6.08 Å². The Hall–Kier alpha value is -2.34. The lowest BCUT2D eigenvalue weighted by Gasteiger charge is -2.31. The molecule has 1 aromatic rings. The van der Waals surface area contributed by atoms with Gasteiger partial charge in [-0.25, -0.2) is 9.59 Å². The highest BCUT2D eigenvalue weighted by Crippen LogP contribution is 2.13. The number of anilines is 1. The molecule has 0 aliphatic carbocycles. The fourth-order valence-electron chi connectivity index (χ4n) is 2.05. The molecular weight excluding hydrogens is 272 g/mol. The number of hydrogen-bond donors (Lipinski definition) is 2. The zero-order chi connectivity index (χ0) is 15.2. The van der Waals surface area contributed by atoms with Crippen LogP contribution in [-0.2, 0) is 9.53 Å². The van der Waals surface area contributed by atoms with Crippen LogP contribution in [0.1, 0.15) is 12.5 Å². The van der Waals surface area contributed by atoms with Gasteiger partial charge in [-0.05, 0) is 30.7 Å². The molecule has 1 fully saturated rings. The van der Waals surface area contributed by atoms with Crippen LogP contribution < -0.4 is 5.32 Å². The fourth-order valence-corrected chi connectivity index (χ4v) is 2.05. The van der Waals surface area contributed by atoms with Crippen LogP contribution in [0.15, 0.2) is 30.3 Å². The first-order chi connectivity index (χ1) is 10.0. The predicted octanol–water partition coefficient (Wildman–Crippen LogP) is 2.04. The van der Waals surface area contributed by atoms with E-state index in [2.05, 4.69) is 5.32 Å². The van der Waals surface area contributed by atoms with Gasteiger partial charge in [0.15, 0.2) is 0 Å². The van der Waals surface area contributed by atoms with E-state index in [1.807, 2.05) is 6.92 Å². The first kappa shape index (κ1) is 15.1. The summed E-state index contributed by atoms with van der Waals surface area (Å²) in [6.07, 6.45) is 2.62. The summed E-state index contributed by atoms with van der Waals surface area (Å²) in [5.74, 6) is -0.992. The van der Waals surface area contributed by atoms with Crippen LogP contribution in [0.4, 0.5) is 10.5 Å². The molecule has 2 rings (SSSR count). The van der Waals surface area contributed by atoms with Gasteiger partial charge in [-0.3, -0.25) is 0 Å². The summed E-state index contributed by atoms with van der Waals surface area (Å²) in [6.45, 7) is 3.64. The number of carboxylic acids is 1. The van der Waals surface area contributed by atoms with Gasteiger partial charge in [0, 0.05) is 24.9 Å². The number of carboxylic acid groups (broad SMARTS) is 1. The van der Waals surface area contributed by atoms with Crippen LogP contribution in [0.5, 0.6) is 0 Å². The topological polar surface area (TPSA) is 78.9 Å². The van der Waals surface area contributed by atoms with Crippen molar-refractivity contribution in [3.05, 3.63) is 35.9 Å². The Morgan fingerprint density at radius 1 is 1.38 bits per heavy atom. The zero-order valence-corrected chi connectivity index (χ0v) is 11.8. The van der Waals surface area contributed by atoms with Gasteiger partial charge < -0.3 is 20.1 Å². The average Bonchev–Trinajstić information content (AvgIpc) is 2.46. The van der Waals surface area contributed by atoms with E-state index in [9.17, 15) is 9.59 Å². The van der Waals surface area contributed by atoms with Crippen LogP contribution in [0, 0.1) is 0 Å². The Morgan fingerprint density at radius 2 is 2.10 bits per heavy atom. The van der Waals surface area contributed by atoms with Gasteiger partial charge in [-0.1, -0.05) is 12.1 Å². The van der Waals surface area contributed by atoms with Crippen LogP contribution in [0.25, 0.3) is 6.08 Å². The third-order valence-corrected chi connectivity index (χ3v) is 3.11. The molecule has 112 valence electrons. The van der Waals surface area contributed by atoms with Crippen molar-refractivity contribution in [1.29, 1.82) is 0 Å². The second-order valence-electron chi connectivity index (χ2n) is 4.85. The maximum absolute atomic E-state index is 12.1. The third-order valence-electron chi connectivity index (χ3n) is 3.11. The van der Waals surface area contributed by atoms with Gasteiger partial charge >= 0.3 is 12.0 Å². The van der Waals surface area contributed by atoms with E-state index >= 15 is 0 Å². The maximum atomic E-state index is 12.1. The monoisotopic (exact) mass is 290 g/mol. The summed E-state index contributed by atoms with van der Waals surface area (Å²) in [6, 6.07) is 6.82. The largest absolute Gasteiger partial charge is 0.478 e. The minimum absolute atomic E-state index is 0.0491. The van der Waals surface area contributed by atoms with Crippen LogP contribution in [0.3, 0.4) is 0 Å². The number of rotatable bonds is 3. The number of morpholine rings is 1. The number of hydrogen-bond acceptors (Lipinski definition) is 3. The number of nitrogens with one attached hydrogen (secondary N) is 1. The average molecular weight is 290 g/mol. The van der Waals surface area contributed by atoms with Gasteiger partial charge in [0.25, 0.3) is 0 Å². The summed E-state index contributed by atoms with van der Waals surface area (Å²) < 4.78 is 5.39. The van der Waals surface area contributed by atoms with Crippen molar-refractivity contribution in [3.8, 4) is 0 Å². The fraction of sp³-hybridized carbons (Fsp3) is 0.333. The second-order valence-corrected chi connectivity index (χ2v) is 4.85. The van der Waals surface area contributed by atoms with Crippen molar-refractivity contribution in [2.24, 2.45) is 0 Å². The molecule has 1 unspecified atom stereocenters. The molecule has 1 saturated heterocycles. The van der Waals surface area contributed by atoms with E-state index in [4.69, 9.17) is 9.84 Å². The van der Waals surface area contributed by atoms with E-state index in [0.29, 0.717) is 25.4 Å². The smallest absolute Gasteiger partial charge is 0.328 e. The Balaban J connectivity index is 1.93. The molecule has 1 heterocycles. The number of amides is 2. The van der Waals surface area contributed by atoms with Crippen LogP contribution >= 0.6 is 0 Å². The molecule has 0 bridgehead atoms. The second kappa shape index (κ2) is 6.90. The molecule has 0 radical (unpaired) electrons. The molecule has 2 amide bonds. The lowest BCUT2D eigenvalue weighted by Crippen LogP contribution is -2.46. The van der Waals surface area contributed by atoms with Gasteiger partial charge in [0.2, 0.25) is 0 Å². The Kier molecular flexibility index (Phi) is 4.94. The summed E-state index contributed by atoms with van der Waals surface area (Å²) in [7, 11) is 0. The predicted molar refractivity (Wildman–Crippen MR) is 79.1 cm³/mol. The third kappa shape index (κ3) is 4.61. The van der Waals surface area contributed by atoms with E-state index in [0.717, 1.165) is 11.6 Å². The minimum atomic E-state index is -0.992. The number of urea groups is 1. The molecule has 0 spiro atoms. The molecule has 1 atom stereocenters. The Morgan fingerprint density at radius 3 is 2.71 bits per heavy atom. The quantitative estimate of drug-likeness (QED) is 0.835. The molecule has 21 heavy (non-hydrogen) atoms. The number of aliphatic carboxylic acids is 1. The molecule has 6 nitrogen and oxygen atoms in total. The zero-order valence-electron chi connectivity index (χ0n) is 11.8. The van der Waals surface area contributed by atoms with Crippen molar-refractivity contribution in [2.45, 2.75) is 13.0 Å². The van der Waals surface area contributed by atoms with E-state index < -0.39 is 5.97 Å². The summed E-state index contributed by atoms with van der Waals surface area (Å²) in [5.41, 5.74) is 1.43. The molecular formula is C15H18N2O4. The van der Waals surface area contributed by atoms with E-state index in [-0.39, 0.29) is 12.1 Å². The van der Waals surface area contributed by atoms with Crippen molar-refractivity contribution in [1.82, 2.24) is 4.90 Å². The summed E-state index contributed by atoms with van der Waals surface area (Å²) in [4.78, 5) is 24.2. The number of nitrogens with zero attached hydrogens (tertiary/aromatic N) is 1. The first-order valence-electron chi connectivity index (χ1n) is 6.73. The number of benzene rings is 1. The summed E-state index contributed by atoms with van der Waals surface area (Å²) >= 11 is 0. The van der Waals surface area contributed by atoms with Crippen LogP contribution in [-0.4, -0.2) is 47.8 Å². The Bertz CT molecular complexity index is 539. The van der Waals surface area contributed by atoms with Crippen molar-refractivity contribution in [3.63, 3.8) is 0 Å². The van der Waals surface area contributed by atoms with Gasteiger partial charge in [-0.15, -0.1) is 0 Å². The number of carbonyl (C=O) groups excluding carboxylic acids is 1. The summed E-state index contributed by atoms with van der Waals surface area (Å²) in [5, 5.41) is 11.4. The molecule has 1 aromatic carbocycles. The van der Waals surface area contributed by atoms with Crippen molar-refractivity contribution >= 4 is 23.8 Å². The molecule has 0 saturated carbocycles. The SMILES string of the molecule is CC1CN(C(=O)Nc2ccc(C=CC(=O)O)cc2)CCO1. The minimum Gasteiger partial charge on any atom is -0.478 e. The lowest BCUT2D eigenvalue weighted by molar-refractivity contribution is -0.131. The maximum Gasteiger partial charge on any atom is 0.328 e. The highest BCUT2D eigenvalue weighted by Gasteiger charge is 2.21. The molecule has 0 aromatic heterocycles. The molecule has 2 N–H and O–H groups in total. The van der Waals surface area contributed by atoms with Crippen molar-refractivity contribution < 1.29 is 19.4 Å². The molecule has 1 aliphatic heterocycles. The van der Waals surface area contributed by atoms with Crippen LogP contribution in [0.2, 0.25) is 0 Å². The normalized spacial score (nSPS) is 18.7. The van der Waals surface area contributed by atoms with Gasteiger partial charge in [0.05, 0.1) is 12.7 Å². The van der Waals surface area contributed by atoms with E-state index in [1.54, 1.807) is 29.2 Å². The van der Waals surface area contributed by atoms with Gasteiger partial charge in [0.1, 0.15) is 0 Å². The molecule has 6 heteroatoms.